The van der Waals surface area contributed by atoms with Crippen molar-refractivity contribution < 1.29 is 19.5 Å². The summed E-state index contributed by atoms with van der Waals surface area (Å²) in [6.07, 6.45) is 4.94. The van der Waals surface area contributed by atoms with Crippen molar-refractivity contribution >= 4 is 35.2 Å². The molecule has 1 aromatic heterocycles. The average Bonchev–Trinajstić information content (AvgIpc) is 3.07. The second-order valence-corrected chi connectivity index (χ2v) is 6.48. The summed E-state index contributed by atoms with van der Waals surface area (Å²) in [6, 6.07) is 1.82. The van der Waals surface area contributed by atoms with E-state index in [9.17, 15) is 14.4 Å². The number of aliphatic carboxylic acids is 1. The molecule has 1 saturated carbocycles. The second kappa shape index (κ2) is 5.44. The molecule has 2 bridgehead atoms. The summed E-state index contributed by atoms with van der Waals surface area (Å²) in [5, 5.41) is 10.4. The van der Waals surface area contributed by atoms with Gasteiger partial charge in [0.1, 0.15) is 0 Å². The Morgan fingerprint density at radius 2 is 2.00 bits per heavy atom. The normalized spacial score (nSPS) is 25.0. The fourth-order valence-electron chi connectivity index (χ4n) is 3.03. The van der Waals surface area contributed by atoms with Crippen LogP contribution >= 0.6 is 11.3 Å². The highest BCUT2D eigenvalue weighted by molar-refractivity contribution is 7.10. The van der Waals surface area contributed by atoms with Gasteiger partial charge in [-0.2, -0.15) is 0 Å². The number of amides is 2. The zero-order chi connectivity index (χ0) is 15.0. The van der Waals surface area contributed by atoms with Crippen LogP contribution in [-0.2, 0) is 20.9 Å². The van der Waals surface area contributed by atoms with Crippen molar-refractivity contribution in [3.8, 4) is 0 Å². The van der Waals surface area contributed by atoms with Crippen LogP contribution in [-0.4, -0.2) is 27.8 Å². The number of rotatable bonds is 4. The lowest BCUT2D eigenvalue weighted by atomic mass is 9.97. The third-order valence-corrected chi connectivity index (χ3v) is 5.01. The van der Waals surface area contributed by atoms with Crippen LogP contribution in [0.25, 0.3) is 6.08 Å². The van der Waals surface area contributed by atoms with Gasteiger partial charge in [-0.25, -0.2) is 4.79 Å². The molecule has 6 heteroatoms. The Morgan fingerprint density at radius 1 is 1.33 bits per heavy atom. The van der Waals surface area contributed by atoms with Gasteiger partial charge < -0.3 is 5.11 Å². The highest BCUT2D eigenvalue weighted by atomic mass is 32.1. The number of carbonyl (C=O) groups is 3. The lowest BCUT2D eigenvalue weighted by Gasteiger charge is -2.29. The van der Waals surface area contributed by atoms with E-state index in [1.165, 1.54) is 22.3 Å². The van der Waals surface area contributed by atoms with Gasteiger partial charge in [0.2, 0.25) is 11.8 Å². The Bertz CT molecular complexity index is 611. The predicted molar refractivity (Wildman–Crippen MR) is 77.4 cm³/mol. The summed E-state index contributed by atoms with van der Waals surface area (Å²) in [6.45, 7) is 0.302. The summed E-state index contributed by atoms with van der Waals surface area (Å²) >= 11 is 1.43. The van der Waals surface area contributed by atoms with E-state index in [-0.39, 0.29) is 23.7 Å². The van der Waals surface area contributed by atoms with Crippen molar-refractivity contribution in [3.05, 3.63) is 28.0 Å². The summed E-state index contributed by atoms with van der Waals surface area (Å²) < 4.78 is 0. The Kier molecular flexibility index (Phi) is 3.63. The maximum absolute atomic E-state index is 12.2. The van der Waals surface area contributed by atoms with E-state index in [1.54, 1.807) is 0 Å². The number of piperidine rings is 1. The molecule has 2 atom stereocenters. The Hall–Kier alpha value is -1.95. The van der Waals surface area contributed by atoms with Gasteiger partial charge in [-0.3, -0.25) is 14.5 Å². The first kappa shape index (κ1) is 14.0. The Labute approximate surface area is 125 Å². The van der Waals surface area contributed by atoms with Crippen molar-refractivity contribution in [1.82, 2.24) is 4.90 Å². The molecule has 1 N–H and O–H groups in total. The van der Waals surface area contributed by atoms with Gasteiger partial charge in [0, 0.05) is 22.8 Å². The van der Waals surface area contributed by atoms with E-state index in [1.807, 2.05) is 11.4 Å². The fourth-order valence-corrected chi connectivity index (χ4v) is 3.87. The number of carboxylic acids is 1. The molecule has 2 amide bonds. The SMILES string of the molecule is O=C(O)/C=C/c1csc(CN2C(=O)C3CCC(C3)C2=O)c1. The maximum Gasteiger partial charge on any atom is 0.328 e. The van der Waals surface area contributed by atoms with E-state index in [4.69, 9.17) is 5.11 Å². The zero-order valence-corrected chi connectivity index (χ0v) is 12.1. The maximum atomic E-state index is 12.2. The van der Waals surface area contributed by atoms with Gasteiger partial charge in [0.25, 0.3) is 0 Å². The van der Waals surface area contributed by atoms with Gasteiger partial charge in [0.05, 0.1) is 6.54 Å². The molecule has 0 radical (unpaired) electrons. The van der Waals surface area contributed by atoms with Crippen molar-refractivity contribution in [2.45, 2.75) is 25.8 Å². The van der Waals surface area contributed by atoms with Crippen molar-refractivity contribution in [1.29, 1.82) is 0 Å². The van der Waals surface area contributed by atoms with Gasteiger partial charge in [0.15, 0.2) is 0 Å². The number of thiophene rings is 1. The van der Waals surface area contributed by atoms with Crippen LogP contribution in [0.5, 0.6) is 0 Å². The Morgan fingerprint density at radius 3 is 2.62 bits per heavy atom. The molecule has 2 unspecified atom stereocenters. The minimum absolute atomic E-state index is 0.0130. The number of carboxylic acid groups (broad SMARTS) is 1. The first-order valence-corrected chi connectivity index (χ1v) is 7.76. The summed E-state index contributed by atoms with van der Waals surface area (Å²) in [7, 11) is 0. The average molecular weight is 305 g/mol. The molecule has 1 aliphatic heterocycles. The van der Waals surface area contributed by atoms with E-state index >= 15 is 0 Å². The van der Waals surface area contributed by atoms with Gasteiger partial charge in [-0.15, -0.1) is 11.3 Å². The van der Waals surface area contributed by atoms with Crippen molar-refractivity contribution in [3.63, 3.8) is 0 Å². The standard InChI is InChI=1S/C15H15NO4S/c17-13(18)4-1-9-5-12(21-8-9)7-16-14(19)10-2-3-11(6-10)15(16)20/h1,4-5,8,10-11H,2-3,6-7H2,(H,17,18)/b4-1+. The third-order valence-electron chi connectivity index (χ3n) is 4.07. The lowest BCUT2D eigenvalue weighted by Crippen LogP contribution is -2.45. The van der Waals surface area contributed by atoms with Gasteiger partial charge in [-0.05, 0) is 42.3 Å². The van der Waals surface area contributed by atoms with Crippen LogP contribution in [0.3, 0.4) is 0 Å². The topological polar surface area (TPSA) is 74.7 Å². The zero-order valence-electron chi connectivity index (χ0n) is 11.3. The summed E-state index contributed by atoms with van der Waals surface area (Å²) in [5.74, 6) is -1.08. The van der Waals surface area contributed by atoms with Crippen LogP contribution in [0.15, 0.2) is 17.5 Å². The molecule has 2 heterocycles. The smallest absolute Gasteiger partial charge is 0.328 e. The molecule has 0 spiro atoms. The summed E-state index contributed by atoms with van der Waals surface area (Å²) in [5.41, 5.74) is 0.775. The molecule has 110 valence electrons. The van der Waals surface area contributed by atoms with Crippen LogP contribution < -0.4 is 0 Å². The van der Waals surface area contributed by atoms with Crippen LogP contribution in [0.2, 0.25) is 0 Å². The molecule has 2 aliphatic rings. The molecule has 1 saturated heterocycles. The molecule has 2 fully saturated rings. The van der Waals surface area contributed by atoms with E-state index in [0.717, 1.165) is 29.4 Å². The fraction of sp³-hybridized carbons (Fsp3) is 0.400. The van der Waals surface area contributed by atoms with E-state index in [0.29, 0.717) is 13.0 Å². The van der Waals surface area contributed by atoms with E-state index in [2.05, 4.69) is 0 Å². The molecule has 1 aliphatic carbocycles. The number of carbonyl (C=O) groups excluding carboxylic acids is 2. The van der Waals surface area contributed by atoms with Crippen molar-refractivity contribution in [2.75, 3.05) is 0 Å². The molecule has 0 aromatic carbocycles. The number of hydrogen-bond donors (Lipinski definition) is 1. The number of hydrogen-bond acceptors (Lipinski definition) is 4. The first-order valence-electron chi connectivity index (χ1n) is 6.88. The minimum Gasteiger partial charge on any atom is -0.478 e. The number of likely N-dealkylation sites (tertiary alicyclic amines) is 1. The second-order valence-electron chi connectivity index (χ2n) is 5.49. The van der Waals surface area contributed by atoms with Crippen molar-refractivity contribution in [2.24, 2.45) is 11.8 Å². The van der Waals surface area contributed by atoms with Crippen LogP contribution in [0, 0.1) is 11.8 Å². The highest BCUT2D eigenvalue weighted by Gasteiger charge is 2.45. The molecule has 5 nitrogen and oxygen atoms in total. The molecule has 3 rings (SSSR count). The minimum atomic E-state index is -0.999. The van der Waals surface area contributed by atoms with Gasteiger partial charge >= 0.3 is 5.97 Å². The lowest BCUT2D eigenvalue weighted by molar-refractivity contribution is -0.153. The number of fused-ring (bicyclic) bond motifs is 2. The summed E-state index contributed by atoms with van der Waals surface area (Å²) in [4.78, 5) is 37.2. The highest BCUT2D eigenvalue weighted by Crippen LogP contribution is 2.38. The first-order chi connectivity index (χ1) is 10.0. The van der Waals surface area contributed by atoms with Gasteiger partial charge in [-0.1, -0.05) is 0 Å². The predicted octanol–water partition coefficient (Wildman–Crippen LogP) is 2.13. The number of nitrogens with zero attached hydrogens (tertiary/aromatic N) is 1. The Balaban J connectivity index is 1.73. The molecular weight excluding hydrogens is 290 g/mol. The van der Waals surface area contributed by atoms with Crippen LogP contribution in [0.1, 0.15) is 29.7 Å². The molecule has 21 heavy (non-hydrogen) atoms. The molecular formula is C15H15NO4S. The monoisotopic (exact) mass is 305 g/mol. The molecule has 1 aromatic rings. The third kappa shape index (κ3) is 2.76. The largest absolute Gasteiger partial charge is 0.478 e. The van der Waals surface area contributed by atoms with E-state index < -0.39 is 5.97 Å². The quantitative estimate of drug-likeness (QED) is 0.683. The van der Waals surface area contributed by atoms with Crippen LogP contribution in [0.4, 0.5) is 0 Å². The number of imide groups is 1.